The monoisotopic (exact) mass is 356 g/mol. The molecule has 7 heteroatoms. The fourth-order valence-electron chi connectivity index (χ4n) is 2.61. The Labute approximate surface area is 151 Å². The van der Waals surface area contributed by atoms with Crippen LogP contribution in [0.15, 0.2) is 42.5 Å². The number of carbonyl (C=O) groups excluding carboxylic acids is 1. The highest BCUT2D eigenvalue weighted by Gasteiger charge is 2.20. The summed E-state index contributed by atoms with van der Waals surface area (Å²) >= 11 is 0. The van der Waals surface area contributed by atoms with Crippen LogP contribution in [-0.2, 0) is 11.3 Å². The largest absolute Gasteiger partial charge is 0.480 e. The smallest absolute Gasteiger partial charge is 0.317 e. The third kappa shape index (κ3) is 4.73. The van der Waals surface area contributed by atoms with Gasteiger partial charge in [0.25, 0.3) is 5.69 Å². The van der Waals surface area contributed by atoms with Crippen LogP contribution >= 0.6 is 0 Å². The topological polar surface area (TPSA) is 101 Å². The van der Waals surface area contributed by atoms with Crippen molar-refractivity contribution in [1.82, 2.24) is 4.90 Å². The summed E-state index contributed by atoms with van der Waals surface area (Å²) in [5.74, 6) is -1.25. The third-order valence-electron chi connectivity index (χ3n) is 4.05. The molecule has 0 aromatic heterocycles. The van der Waals surface area contributed by atoms with Crippen molar-refractivity contribution in [3.8, 4) is 0 Å². The molecule has 0 radical (unpaired) electrons. The number of aliphatic carboxylic acids is 1. The van der Waals surface area contributed by atoms with Crippen molar-refractivity contribution in [2.75, 3.05) is 13.1 Å². The van der Waals surface area contributed by atoms with Gasteiger partial charge in [-0.3, -0.25) is 24.6 Å². The van der Waals surface area contributed by atoms with Gasteiger partial charge in [0, 0.05) is 29.3 Å². The molecule has 0 aliphatic rings. The van der Waals surface area contributed by atoms with E-state index in [0.29, 0.717) is 23.2 Å². The Bertz CT molecular complexity index is 830. The first-order chi connectivity index (χ1) is 12.3. The normalized spacial score (nSPS) is 10.7. The number of hydrogen-bond donors (Lipinski definition) is 1. The lowest BCUT2D eigenvalue weighted by molar-refractivity contribution is -0.385. The molecule has 0 aliphatic heterocycles. The molecule has 0 saturated carbocycles. The van der Waals surface area contributed by atoms with Crippen LogP contribution in [0.5, 0.6) is 0 Å². The number of nitro groups is 1. The highest BCUT2D eigenvalue weighted by Crippen LogP contribution is 2.23. The number of likely N-dealkylation sites (N-methyl/N-ethyl adjacent to an activating group) is 1. The van der Waals surface area contributed by atoms with Gasteiger partial charge in [0.1, 0.15) is 0 Å². The minimum Gasteiger partial charge on any atom is -0.480 e. The van der Waals surface area contributed by atoms with E-state index in [0.717, 1.165) is 5.56 Å². The Morgan fingerprint density at radius 2 is 1.73 bits per heavy atom. The van der Waals surface area contributed by atoms with Gasteiger partial charge >= 0.3 is 5.97 Å². The first-order valence-electron chi connectivity index (χ1n) is 8.14. The lowest BCUT2D eigenvalue weighted by Gasteiger charge is -2.18. The number of aryl methyl sites for hydroxylation is 1. The molecule has 1 N–H and O–H groups in total. The van der Waals surface area contributed by atoms with Crippen LogP contribution in [0.25, 0.3) is 0 Å². The van der Waals surface area contributed by atoms with E-state index >= 15 is 0 Å². The SMILES string of the molecule is CCN(CC(=O)O)Cc1cc(C(=O)c2ccc(C)cc2)ccc1[N+](=O)[O-]. The zero-order valence-corrected chi connectivity index (χ0v) is 14.6. The van der Waals surface area contributed by atoms with Gasteiger partial charge in [0.05, 0.1) is 11.5 Å². The Morgan fingerprint density at radius 3 is 2.27 bits per heavy atom. The first kappa shape index (κ1) is 19.3. The molecule has 0 fully saturated rings. The summed E-state index contributed by atoms with van der Waals surface area (Å²) < 4.78 is 0. The maximum absolute atomic E-state index is 12.6. The Morgan fingerprint density at radius 1 is 1.12 bits per heavy atom. The summed E-state index contributed by atoms with van der Waals surface area (Å²) in [6, 6.07) is 11.3. The highest BCUT2D eigenvalue weighted by atomic mass is 16.6. The first-order valence-corrected chi connectivity index (χ1v) is 8.14. The summed E-state index contributed by atoms with van der Waals surface area (Å²) in [6.07, 6.45) is 0. The van der Waals surface area contributed by atoms with Gasteiger partial charge in [-0.25, -0.2) is 0 Å². The fraction of sp³-hybridized carbons (Fsp3) is 0.263. The maximum Gasteiger partial charge on any atom is 0.317 e. The van der Waals surface area contributed by atoms with Gasteiger partial charge < -0.3 is 5.11 Å². The van der Waals surface area contributed by atoms with Crippen molar-refractivity contribution in [2.24, 2.45) is 0 Å². The molecule has 7 nitrogen and oxygen atoms in total. The van der Waals surface area contributed by atoms with Crippen LogP contribution in [-0.4, -0.2) is 39.8 Å². The predicted octanol–water partition coefficient (Wildman–Crippen LogP) is 3.04. The molecule has 136 valence electrons. The predicted molar refractivity (Wildman–Crippen MR) is 96.3 cm³/mol. The molecular formula is C19H20N2O5. The van der Waals surface area contributed by atoms with E-state index < -0.39 is 10.9 Å². The van der Waals surface area contributed by atoms with Gasteiger partial charge in [-0.1, -0.05) is 36.8 Å². The van der Waals surface area contributed by atoms with E-state index in [1.807, 2.05) is 19.1 Å². The zero-order chi connectivity index (χ0) is 19.3. The average molecular weight is 356 g/mol. The minimum absolute atomic E-state index is 0.0775. The molecule has 2 aromatic carbocycles. The van der Waals surface area contributed by atoms with Crippen molar-refractivity contribution in [1.29, 1.82) is 0 Å². The molecule has 26 heavy (non-hydrogen) atoms. The molecule has 0 amide bonds. The van der Waals surface area contributed by atoms with E-state index in [9.17, 15) is 19.7 Å². The molecule has 2 aromatic rings. The molecule has 0 atom stereocenters. The van der Waals surface area contributed by atoms with E-state index in [-0.39, 0.29) is 24.6 Å². The molecule has 2 rings (SSSR count). The molecular weight excluding hydrogens is 336 g/mol. The average Bonchev–Trinajstić information content (AvgIpc) is 2.60. The van der Waals surface area contributed by atoms with Crippen molar-refractivity contribution in [2.45, 2.75) is 20.4 Å². The van der Waals surface area contributed by atoms with Crippen LogP contribution in [0.2, 0.25) is 0 Å². The Kier molecular flexibility index (Phi) is 6.19. The number of carbonyl (C=O) groups is 2. The zero-order valence-electron chi connectivity index (χ0n) is 14.6. The molecule has 0 aliphatic carbocycles. The number of ketones is 1. The van der Waals surface area contributed by atoms with Crippen LogP contribution in [0, 0.1) is 17.0 Å². The number of nitro benzene ring substituents is 1. The second-order valence-corrected chi connectivity index (χ2v) is 5.99. The molecule has 0 heterocycles. The third-order valence-corrected chi connectivity index (χ3v) is 4.05. The highest BCUT2D eigenvalue weighted by molar-refractivity contribution is 6.09. The molecule has 0 spiro atoms. The van der Waals surface area contributed by atoms with Crippen molar-refractivity contribution >= 4 is 17.4 Å². The van der Waals surface area contributed by atoms with Crippen molar-refractivity contribution in [3.63, 3.8) is 0 Å². The van der Waals surface area contributed by atoms with Crippen molar-refractivity contribution < 1.29 is 19.6 Å². The van der Waals surface area contributed by atoms with E-state index in [1.54, 1.807) is 24.0 Å². The second-order valence-electron chi connectivity index (χ2n) is 5.99. The number of nitrogens with zero attached hydrogens (tertiary/aromatic N) is 2. The van der Waals surface area contributed by atoms with Gasteiger partial charge in [-0.05, 0) is 25.6 Å². The van der Waals surface area contributed by atoms with E-state index in [1.165, 1.54) is 18.2 Å². The number of rotatable bonds is 8. The molecule has 0 unspecified atom stereocenters. The lowest BCUT2D eigenvalue weighted by Crippen LogP contribution is -2.29. The second kappa shape index (κ2) is 8.35. The maximum atomic E-state index is 12.6. The Hall–Kier alpha value is -3.06. The van der Waals surface area contributed by atoms with Crippen LogP contribution in [0.4, 0.5) is 5.69 Å². The molecule has 0 bridgehead atoms. The summed E-state index contributed by atoms with van der Waals surface area (Å²) in [5, 5.41) is 20.2. The molecule has 0 saturated heterocycles. The van der Waals surface area contributed by atoms with E-state index in [4.69, 9.17) is 5.11 Å². The van der Waals surface area contributed by atoms with Gasteiger partial charge in [0.2, 0.25) is 0 Å². The van der Waals surface area contributed by atoms with Crippen molar-refractivity contribution in [3.05, 3.63) is 74.8 Å². The van der Waals surface area contributed by atoms with Crippen LogP contribution in [0.1, 0.15) is 34.0 Å². The van der Waals surface area contributed by atoms with Gasteiger partial charge in [0.15, 0.2) is 5.78 Å². The lowest BCUT2D eigenvalue weighted by atomic mass is 9.99. The van der Waals surface area contributed by atoms with Crippen LogP contribution in [0.3, 0.4) is 0 Å². The fourth-order valence-corrected chi connectivity index (χ4v) is 2.61. The summed E-state index contributed by atoms with van der Waals surface area (Å²) in [7, 11) is 0. The quantitative estimate of drug-likeness (QED) is 0.443. The summed E-state index contributed by atoms with van der Waals surface area (Å²) in [6.45, 7) is 3.95. The van der Waals surface area contributed by atoms with E-state index in [2.05, 4.69) is 0 Å². The van der Waals surface area contributed by atoms with Gasteiger partial charge in [-0.15, -0.1) is 0 Å². The van der Waals surface area contributed by atoms with Gasteiger partial charge in [-0.2, -0.15) is 0 Å². The minimum atomic E-state index is -1.01. The summed E-state index contributed by atoms with van der Waals surface area (Å²) in [4.78, 5) is 35.9. The van der Waals surface area contributed by atoms with Crippen LogP contribution < -0.4 is 0 Å². The number of hydrogen-bond acceptors (Lipinski definition) is 5. The standard InChI is InChI=1S/C19H20N2O5/c1-3-20(12-18(22)23)11-16-10-15(8-9-17(16)21(25)26)19(24)14-6-4-13(2)5-7-14/h4-10H,3,11-12H2,1-2H3,(H,22,23). The summed E-state index contributed by atoms with van der Waals surface area (Å²) in [5.41, 5.74) is 2.04. The number of carboxylic acid groups (broad SMARTS) is 1. The number of benzene rings is 2. The Balaban J connectivity index is 2.37. The number of carboxylic acids is 1.